The minimum Gasteiger partial charge on any atom is -0.462 e. The van der Waals surface area contributed by atoms with Crippen molar-refractivity contribution in [2.24, 2.45) is 0 Å². The van der Waals surface area contributed by atoms with Crippen molar-refractivity contribution in [1.82, 2.24) is 0 Å². The lowest BCUT2D eigenvalue weighted by molar-refractivity contribution is -0.151. The summed E-state index contributed by atoms with van der Waals surface area (Å²) < 4.78 is 5.95. The second-order valence-electron chi connectivity index (χ2n) is 7.30. The maximum atomic E-state index is 12.3. The predicted octanol–water partition coefficient (Wildman–Crippen LogP) is 6.38. The number of unbranched alkanes of at least 4 members (excludes halogenated alkanes) is 3. The van der Waals surface area contributed by atoms with Gasteiger partial charge in [-0.15, -0.1) is 0 Å². The van der Waals surface area contributed by atoms with E-state index in [0.29, 0.717) is 12.3 Å². The molecule has 1 saturated carbocycles. The highest BCUT2D eigenvalue weighted by Gasteiger charge is 2.30. The highest BCUT2D eigenvalue weighted by molar-refractivity contribution is 5.86. The van der Waals surface area contributed by atoms with E-state index in [-0.39, 0.29) is 12.1 Å². The number of fused-ring (bicyclic) bond motifs is 1. The van der Waals surface area contributed by atoms with Gasteiger partial charge >= 0.3 is 5.97 Å². The lowest BCUT2D eigenvalue weighted by atomic mass is 9.80. The molecule has 1 aliphatic carbocycles. The number of benzene rings is 2. The second-order valence-corrected chi connectivity index (χ2v) is 7.30. The average Bonchev–Trinajstić information content (AvgIpc) is 2.65. The third-order valence-corrected chi connectivity index (χ3v) is 5.44. The van der Waals surface area contributed by atoms with E-state index in [1.807, 2.05) is 0 Å². The van der Waals surface area contributed by atoms with Gasteiger partial charge < -0.3 is 4.74 Å². The fourth-order valence-electron chi connectivity index (χ4n) is 4.09. The molecule has 2 heteroatoms. The SMILES string of the molecule is CCCCCCC(=O)O[C@H]1CCCC[C@H]1c1cccc2ccccc12. The Kier molecular flexibility index (Phi) is 6.49. The number of ether oxygens (including phenoxy) is 1. The van der Waals surface area contributed by atoms with E-state index in [2.05, 4.69) is 49.4 Å². The zero-order chi connectivity index (χ0) is 17.5. The Balaban J connectivity index is 1.71. The minimum absolute atomic E-state index is 0.00626. The number of esters is 1. The largest absolute Gasteiger partial charge is 0.462 e. The number of carbonyl (C=O) groups is 1. The van der Waals surface area contributed by atoms with Crippen molar-refractivity contribution in [2.75, 3.05) is 0 Å². The molecular formula is C23H30O2. The van der Waals surface area contributed by atoms with Crippen LogP contribution in [0, 0.1) is 0 Å². The van der Waals surface area contributed by atoms with E-state index >= 15 is 0 Å². The molecule has 2 aromatic rings. The lowest BCUT2D eigenvalue weighted by Gasteiger charge is -2.32. The first-order chi connectivity index (χ1) is 12.3. The van der Waals surface area contributed by atoms with Gasteiger partial charge in [-0.25, -0.2) is 0 Å². The normalized spacial score (nSPS) is 20.5. The Hall–Kier alpha value is -1.83. The number of hydrogen-bond donors (Lipinski definition) is 0. The first-order valence-corrected chi connectivity index (χ1v) is 9.96. The van der Waals surface area contributed by atoms with Gasteiger partial charge in [0.1, 0.15) is 6.10 Å². The Morgan fingerprint density at radius 2 is 1.80 bits per heavy atom. The van der Waals surface area contributed by atoms with Gasteiger partial charge in [0.15, 0.2) is 0 Å². The third kappa shape index (κ3) is 4.62. The van der Waals surface area contributed by atoms with Crippen LogP contribution >= 0.6 is 0 Å². The molecule has 0 N–H and O–H groups in total. The average molecular weight is 338 g/mol. The van der Waals surface area contributed by atoms with E-state index in [9.17, 15) is 4.79 Å². The summed E-state index contributed by atoms with van der Waals surface area (Å²) in [4.78, 5) is 12.3. The second kappa shape index (κ2) is 9.03. The van der Waals surface area contributed by atoms with Crippen molar-refractivity contribution in [1.29, 1.82) is 0 Å². The molecule has 0 aliphatic heterocycles. The van der Waals surface area contributed by atoms with Crippen LogP contribution in [0.5, 0.6) is 0 Å². The summed E-state index contributed by atoms with van der Waals surface area (Å²) in [5, 5.41) is 2.58. The lowest BCUT2D eigenvalue weighted by Crippen LogP contribution is -2.28. The highest BCUT2D eigenvalue weighted by atomic mass is 16.5. The van der Waals surface area contributed by atoms with Crippen LogP contribution in [0.15, 0.2) is 42.5 Å². The summed E-state index contributed by atoms with van der Waals surface area (Å²) in [6.07, 6.45) is 9.58. The van der Waals surface area contributed by atoms with Crippen LogP contribution in [-0.2, 0) is 9.53 Å². The molecule has 2 atom stereocenters. The minimum atomic E-state index is -0.00626. The number of hydrogen-bond acceptors (Lipinski definition) is 2. The van der Waals surface area contributed by atoms with Gasteiger partial charge in [0.25, 0.3) is 0 Å². The molecule has 0 heterocycles. The Labute approximate surface area is 151 Å². The fourth-order valence-corrected chi connectivity index (χ4v) is 4.09. The van der Waals surface area contributed by atoms with Crippen molar-refractivity contribution in [3.05, 3.63) is 48.0 Å². The Bertz CT molecular complexity index is 686. The Morgan fingerprint density at radius 1 is 1.00 bits per heavy atom. The van der Waals surface area contributed by atoms with Crippen molar-refractivity contribution in [3.8, 4) is 0 Å². The van der Waals surface area contributed by atoms with E-state index in [4.69, 9.17) is 4.74 Å². The molecule has 0 bridgehead atoms. The van der Waals surface area contributed by atoms with Gasteiger partial charge in [-0.3, -0.25) is 4.79 Å². The number of carbonyl (C=O) groups excluding carboxylic acids is 1. The molecule has 134 valence electrons. The molecule has 2 aromatic carbocycles. The van der Waals surface area contributed by atoms with Gasteiger partial charge in [0.05, 0.1) is 0 Å². The highest BCUT2D eigenvalue weighted by Crippen LogP contribution is 2.38. The molecule has 0 aromatic heterocycles. The van der Waals surface area contributed by atoms with Crippen molar-refractivity contribution in [3.63, 3.8) is 0 Å². The molecule has 0 unspecified atom stereocenters. The van der Waals surface area contributed by atoms with Gasteiger partial charge in [-0.2, -0.15) is 0 Å². The summed E-state index contributed by atoms with van der Waals surface area (Å²) in [7, 11) is 0. The number of rotatable bonds is 7. The summed E-state index contributed by atoms with van der Waals surface area (Å²) >= 11 is 0. The predicted molar refractivity (Wildman–Crippen MR) is 104 cm³/mol. The van der Waals surface area contributed by atoms with Gasteiger partial charge in [0, 0.05) is 12.3 Å². The van der Waals surface area contributed by atoms with Crippen LogP contribution in [0.1, 0.15) is 76.2 Å². The van der Waals surface area contributed by atoms with Crippen LogP contribution in [0.3, 0.4) is 0 Å². The van der Waals surface area contributed by atoms with Crippen LogP contribution < -0.4 is 0 Å². The summed E-state index contributed by atoms with van der Waals surface area (Å²) in [6.45, 7) is 2.19. The van der Waals surface area contributed by atoms with E-state index in [1.54, 1.807) is 0 Å². The first-order valence-electron chi connectivity index (χ1n) is 9.96. The molecule has 1 fully saturated rings. The molecule has 0 radical (unpaired) electrons. The molecule has 1 aliphatic rings. The fraction of sp³-hybridized carbons (Fsp3) is 0.522. The van der Waals surface area contributed by atoms with Crippen LogP contribution in [0.4, 0.5) is 0 Å². The molecule has 0 spiro atoms. The summed E-state index contributed by atoms with van der Waals surface area (Å²) in [5.74, 6) is 0.327. The molecule has 2 nitrogen and oxygen atoms in total. The van der Waals surface area contributed by atoms with Crippen LogP contribution in [0.25, 0.3) is 10.8 Å². The van der Waals surface area contributed by atoms with E-state index in [1.165, 1.54) is 35.6 Å². The topological polar surface area (TPSA) is 26.3 Å². The summed E-state index contributed by atoms with van der Waals surface area (Å²) in [5.41, 5.74) is 1.35. The molecule has 3 rings (SSSR count). The molecule has 0 saturated heterocycles. The van der Waals surface area contributed by atoms with Gasteiger partial charge in [-0.1, -0.05) is 75.1 Å². The van der Waals surface area contributed by atoms with Crippen molar-refractivity contribution >= 4 is 16.7 Å². The molecule has 0 amide bonds. The van der Waals surface area contributed by atoms with Crippen molar-refractivity contribution in [2.45, 2.75) is 76.7 Å². The third-order valence-electron chi connectivity index (χ3n) is 5.44. The van der Waals surface area contributed by atoms with Gasteiger partial charge in [-0.05, 0) is 42.0 Å². The molecule has 25 heavy (non-hydrogen) atoms. The zero-order valence-corrected chi connectivity index (χ0v) is 15.4. The maximum Gasteiger partial charge on any atom is 0.306 e. The summed E-state index contributed by atoms with van der Waals surface area (Å²) in [6, 6.07) is 15.1. The van der Waals surface area contributed by atoms with Crippen LogP contribution in [-0.4, -0.2) is 12.1 Å². The van der Waals surface area contributed by atoms with E-state index in [0.717, 1.165) is 32.1 Å². The monoisotopic (exact) mass is 338 g/mol. The zero-order valence-electron chi connectivity index (χ0n) is 15.4. The van der Waals surface area contributed by atoms with Crippen LogP contribution in [0.2, 0.25) is 0 Å². The molecular weight excluding hydrogens is 308 g/mol. The Morgan fingerprint density at radius 3 is 2.68 bits per heavy atom. The quantitative estimate of drug-likeness (QED) is 0.432. The maximum absolute atomic E-state index is 12.3. The van der Waals surface area contributed by atoms with Crippen molar-refractivity contribution < 1.29 is 9.53 Å². The van der Waals surface area contributed by atoms with E-state index < -0.39 is 0 Å². The van der Waals surface area contributed by atoms with Gasteiger partial charge in [0.2, 0.25) is 0 Å². The first kappa shape index (κ1) is 18.0. The smallest absolute Gasteiger partial charge is 0.306 e. The standard InChI is InChI=1S/C23H30O2/c1-2-3-4-5-17-23(24)25-22-16-9-8-14-21(22)20-15-10-12-18-11-6-7-13-19(18)20/h6-7,10-13,15,21-22H,2-5,8-9,14,16-17H2,1H3/t21-,22-/m0/s1.